The fourth-order valence-corrected chi connectivity index (χ4v) is 4.49. The van der Waals surface area contributed by atoms with E-state index in [1.54, 1.807) is 18.2 Å². The average Bonchev–Trinajstić information content (AvgIpc) is 3.22. The Balaban J connectivity index is 1.41. The van der Waals surface area contributed by atoms with Gasteiger partial charge in [-0.1, -0.05) is 48.5 Å². The minimum absolute atomic E-state index is 0.159. The first-order chi connectivity index (χ1) is 18.4. The molecular weight excluding hydrogens is 615 g/mol. The molecule has 1 aliphatic rings. The molecule has 2 heterocycles. The molecule has 4 N–H and O–H groups in total. The first kappa shape index (κ1) is 25.4. The van der Waals surface area contributed by atoms with Crippen LogP contribution in [-0.4, -0.2) is 21.8 Å². The Kier molecular flexibility index (Phi) is 7.38. The third-order valence-electron chi connectivity index (χ3n) is 5.63. The number of amides is 2. The lowest BCUT2D eigenvalue weighted by atomic mass is 10.0. The van der Waals surface area contributed by atoms with Crippen molar-refractivity contribution >= 4 is 92.2 Å². The summed E-state index contributed by atoms with van der Waals surface area (Å²) in [5.74, 6) is 0.148. The molecule has 0 fully saturated rings. The number of hydrogen-bond acceptors (Lipinski definition) is 6. The quantitative estimate of drug-likeness (QED) is 0.131. The first-order valence-electron chi connectivity index (χ1n) is 11.4. The summed E-state index contributed by atoms with van der Waals surface area (Å²) in [6.07, 6.45) is 4.55. The highest BCUT2D eigenvalue weighted by molar-refractivity contribution is 14.1. The van der Waals surface area contributed by atoms with Crippen molar-refractivity contribution in [2.75, 3.05) is 21.3 Å². The summed E-state index contributed by atoms with van der Waals surface area (Å²) < 4.78 is 1.05. The molecule has 0 saturated heterocycles. The molecule has 188 valence electrons. The van der Waals surface area contributed by atoms with E-state index in [-0.39, 0.29) is 11.8 Å². The fourth-order valence-electron chi connectivity index (χ4n) is 3.81. The van der Waals surface area contributed by atoms with Crippen LogP contribution < -0.4 is 21.3 Å². The number of nitrogens with one attached hydrogen (secondary N) is 4. The number of rotatable bonds is 7. The maximum atomic E-state index is 12.7. The molecule has 10 heteroatoms. The monoisotopic (exact) mass is 634 g/mol. The highest BCUT2D eigenvalue weighted by Crippen LogP contribution is 2.36. The van der Waals surface area contributed by atoms with Crippen molar-refractivity contribution in [2.24, 2.45) is 0 Å². The second-order valence-electron chi connectivity index (χ2n) is 8.17. The first-order valence-corrected chi connectivity index (χ1v) is 12.9. The Bertz CT molecular complexity index is 1620. The van der Waals surface area contributed by atoms with Gasteiger partial charge in [0.1, 0.15) is 5.02 Å². The molecule has 2 amide bonds. The predicted octanol–water partition coefficient (Wildman–Crippen LogP) is 6.84. The summed E-state index contributed by atoms with van der Waals surface area (Å²) in [6.45, 7) is 3.48. The topological polar surface area (TPSA) is 108 Å². The van der Waals surface area contributed by atoms with E-state index in [1.165, 1.54) is 12.3 Å². The highest BCUT2D eigenvalue weighted by Gasteiger charge is 2.25. The minimum Gasteiger partial charge on any atom is -0.337 e. The van der Waals surface area contributed by atoms with E-state index in [0.717, 1.165) is 20.4 Å². The number of hydrogen-bond donors (Lipinski definition) is 4. The van der Waals surface area contributed by atoms with E-state index in [2.05, 4.69) is 60.4 Å². The van der Waals surface area contributed by atoms with Gasteiger partial charge < -0.3 is 21.3 Å². The van der Waals surface area contributed by atoms with Crippen LogP contribution in [0.1, 0.15) is 11.1 Å². The molecule has 0 radical (unpaired) electrons. The molecule has 0 atom stereocenters. The van der Waals surface area contributed by atoms with E-state index in [9.17, 15) is 9.59 Å². The summed E-state index contributed by atoms with van der Waals surface area (Å²) in [7, 11) is 0. The second-order valence-corrected chi connectivity index (χ2v) is 9.74. The molecule has 0 spiro atoms. The Morgan fingerprint density at radius 2 is 1.79 bits per heavy atom. The summed E-state index contributed by atoms with van der Waals surface area (Å²) in [5.41, 5.74) is 4.89. The molecule has 3 aromatic carbocycles. The third kappa shape index (κ3) is 5.53. The van der Waals surface area contributed by atoms with E-state index in [1.807, 2.05) is 54.6 Å². The van der Waals surface area contributed by atoms with Crippen LogP contribution in [0.4, 0.5) is 34.5 Å². The van der Waals surface area contributed by atoms with Gasteiger partial charge in [-0.05, 0) is 76.7 Å². The Morgan fingerprint density at radius 1 is 1.03 bits per heavy atom. The average molecular weight is 635 g/mol. The maximum absolute atomic E-state index is 12.7. The number of para-hydroxylation sites is 2. The summed E-state index contributed by atoms with van der Waals surface area (Å²) in [6, 6.07) is 20.6. The zero-order valence-corrected chi connectivity index (χ0v) is 22.7. The molecule has 0 bridgehead atoms. The second kappa shape index (κ2) is 11.0. The van der Waals surface area contributed by atoms with Gasteiger partial charge in [0.25, 0.3) is 5.91 Å². The van der Waals surface area contributed by atoms with Crippen LogP contribution in [-0.2, 0) is 9.59 Å². The molecular formula is C28H20ClIN6O2. The van der Waals surface area contributed by atoms with Gasteiger partial charge in [0, 0.05) is 26.1 Å². The number of nitrogens with zero attached hydrogens (tertiary/aromatic N) is 2. The van der Waals surface area contributed by atoms with Crippen molar-refractivity contribution in [3.63, 3.8) is 0 Å². The van der Waals surface area contributed by atoms with Crippen LogP contribution in [0.15, 0.2) is 85.6 Å². The number of anilines is 6. The lowest BCUT2D eigenvalue weighted by molar-refractivity contribution is -0.112. The Morgan fingerprint density at radius 3 is 2.58 bits per heavy atom. The van der Waals surface area contributed by atoms with Gasteiger partial charge in [-0.3, -0.25) is 9.59 Å². The van der Waals surface area contributed by atoms with Crippen molar-refractivity contribution < 1.29 is 9.59 Å². The number of fused-ring (bicyclic) bond motifs is 1. The zero-order chi connectivity index (χ0) is 26.6. The Labute approximate surface area is 237 Å². The van der Waals surface area contributed by atoms with Crippen molar-refractivity contribution in [1.82, 2.24) is 9.97 Å². The molecule has 0 saturated carbocycles. The summed E-state index contributed by atoms with van der Waals surface area (Å²) >= 11 is 8.61. The number of aromatic nitrogens is 2. The van der Waals surface area contributed by atoms with Gasteiger partial charge in [0.05, 0.1) is 17.6 Å². The van der Waals surface area contributed by atoms with Gasteiger partial charge in [0.15, 0.2) is 5.82 Å². The van der Waals surface area contributed by atoms with Crippen molar-refractivity contribution in [1.29, 1.82) is 0 Å². The molecule has 38 heavy (non-hydrogen) atoms. The predicted molar refractivity (Wildman–Crippen MR) is 161 cm³/mol. The van der Waals surface area contributed by atoms with Crippen molar-refractivity contribution in [2.45, 2.75) is 0 Å². The largest absolute Gasteiger partial charge is 0.337 e. The van der Waals surface area contributed by atoms with Gasteiger partial charge in [-0.2, -0.15) is 4.98 Å². The van der Waals surface area contributed by atoms with Crippen LogP contribution in [0.2, 0.25) is 5.02 Å². The minimum atomic E-state index is -0.338. The van der Waals surface area contributed by atoms with E-state index in [4.69, 9.17) is 11.6 Å². The van der Waals surface area contributed by atoms with Crippen LogP contribution in [0.5, 0.6) is 0 Å². The molecule has 8 nitrogen and oxygen atoms in total. The van der Waals surface area contributed by atoms with Crippen LogP contribution in [0.3, 0.4) is 0 Å². The lowest BCUT2D eigenvalue weighted by Gasteiger charge is -2.14. The van der Waals surface area contributed by atoms with Crippen LogP contribution in [0.25, 0.3) is 11.6 Å². The summed E-state index contributed by atoms with van der Waals surface area (Å²) in [5, 5.41) is 12.3. The fraction of sp³-hybridized carbons (Fsp3) is 0. The molecule has 4 aromatic rings. The highest BCUT2D eigenvalue weighted by atomic mass is 127. The van der Waals surface area contributed by atoms with Crippen molar-refractivity contribution in [3.8, 4) is 0 Å². The molecule has 0 aliphatic carbocycles. The van der Waals surface area contributed by atoms with Crippen LogP contribution in [0, 0.1) is 3.57 Å². The zero-order valence-electron chi connectivity index (χ0n) is 19.8. The smallest absolute Gasteiger partial charge is 0.256 e. The molecule has 0 unspecified atom stereocenters. The summed E-state index contributed by atoms with van der Waals surface area (Å²) in [4.78, 5) is 33.3. The Hall–Kier alpha value is -4.22. The molecule has 1 aromatic heterocycles. The molecule has 1 aliphatic heterocycles. The maximum Gasteiger partial charge on any atom is 0.256 e. The van der Waals surface area contributed by atoms with Crippen molar-refractivity contribution in [3.05, 3.63) is 105 Å². The SMILES string of the molecule is C=CC(=O)Nc1ccccc1Nc1nc(Nc2ccc3c(c2)/C(=C/c2ccccc2I)C(=O)N3)ncc1Cl. The van der Waals surface area contributed by atoms with Gasteiger partial charge >= 0.3 is 0 Å². The van der Waals surface area contributed by atoms with Gasteiger partial charge in [0.2, 0.25) is 11.9 Å². The van der Waals surface area contributed by atoms with Gasteiger partial charge in [-0.15, -0.1) is 0 Å². The number of halogens is 2. The van der Waals surface area contributed by atoms with E-state index in [0.29, 0.717) is 39.4 Å². The van der Waals surface area contributed by atoms with Crippen LogP contribution >= 0.6 is 34.2 Å². The number of carbonyl (C=O) groups excluding carboxylic acids is 2. The van der Waals surface area contributed by atoms with E-state index >= 15 is 0 Å². The third-order valence-corrected chi connectivity index (χ3v) is 6.89. The molecule has 5 rings (SSSR count). The number of benzene rings is 3. The number of carbonyl (C=O) groups is 2. The lowest BCUT2D eigenvalue weighted by Crippen LogP contribution is -2.09. The normalized spacial score (nSPS) is 13.0. The van der Waals surface area contributed by atoms with E-state index < -0.39 is 0 Å². The van der Waals surface area contributed by atoms with Gasteiger partial charge in [-0.25, -0.2) is 4.98 Å². The standard InChI is InChI=1S/C28H20ClIN6O2/c1-2-25(37)33-23-9-5-6-10-24(23)34-26-20(29)15-31-28(36-26)32-17-11-12-22-18(14-17)19(27(38)35-22)13-16-7-3-4-8-21(16)30/h2-15H,1H2,(H,33,37)(H,35,38)(H2,31,32,34,36)/b19-13-.